The van der Waals surface area contributed by atoms with Gasteiger partial charge in [0.25, 0.3) is 0 Å². The summed E-state index contributed by atoms with van der Waals surface area (Å²) in [4.78, 5) is 14.4. The van der Waals surface area contributed by atoms with E-state index in [0.29, 0.717) is 28.4 Å². The van der Waals surface area contributed by atoms with E-state index < -0.39 is 9.84 Å². The van der Waals surface area contributed by atoms with Crippen LogP contribution in [0.1, 0.15) is 115 Å². The predicted octanol–water partition coefficient (Wildman–Crippen LogP) is 18.1. The van der Waals surface area contributed by atoms with Gasteiger partial charge in [0, 0.05) is 84.1 Å². The van der Waals surface area contributed by atoms with Crippen molar-refractivity contribution >= 4 is 179 Å². The Balaban J connectivity index is 0.000000117. The molecule has 0 spiro atoms. The second kappa shape index (κ2) is 37.6. The van der Waals surface area contributed by atoms with Crippen LogP contribution in [0.3, 0.4) is 0 Å². The van der Waals surface area contributed by atoms with E-state index in [4.69, 9.17) is 46.0 Å². The monoisotopic (exact) mass is 1980 g/mol. The third-order valence-electron chi connectivity index (χ3n) is 20.7. The zero-order chi connectivity index (χ0) is 81.3. The minimum absolute atomic E-state index is 0.0632. The van der Waals surface area contributed by atoms with Gasteiger partial charge in [0.15, 0.2) is 0 Å². The summed E-state index contributed by atoms with van der Waals surface area (Å²) in [6.45, 7) is 14.0. The maximum absolute atomic E-state index is 11.4. The van der Waals surface area contributed by atoms with Crippen LogP contribution in [0.2, 0.25) is 0 Å². The number of nitrogens with zero attached hydrogens (tertiary/aromatic N) is 12. The number of hydrogen-bond acceptors (Lipinski definition) is 26. The normalized spacial score (nSPS) is 15.6. The molecule has 0 unspecified atom stereocenters. The van der Waals surface area contributed by atoms with Crippen LogP contribution in [0, 0.1) is 0 Å². The summed E-state index contributed by atoms with van der Waals surface area (Å²) in [5.74, 6) is 3.86. The van der Waals surface area contributed by atoms with E-state index >= 15 is 0 Å². The molecule has 0 saturated carbocycles. The summed E-state index contributed by atoms with van der Waals surface area (Å²) in [6.07, 6.45) is 19.1. The maximum Gasteiger partial charge on any atom is 0.514 e. The summed E-state index contributed by atoms with van der Waals surface area (Å²) in [7, 11) is -0.330. The summed E-state index contributed by atoms with van der Waals surface area (Å²) in [5.41, 5.74) is 36.2. The Labute approximate surface area is 733 Å². The van der Waals surface area contributed by atoms with Crippen LogP contribution in [-0.2, 0) is 57.9 Å². The fourth-order valence-corrected chi connectivity index (χ4v) is 19.3. The number of fused-ring (bicyclic) bond motifs is 4. The highest BCUT2D eigenvalue weighted by Gasteiger charge is 2.52. The van der Waals surface area contributed by atoms with Crippen molar-refractivity contribution in [3.8, 4) is 53.8 Å². The van der Waals surface area contributed by atoms with Crippen molar-refractivity contribution in [3.05, 3.63) is 243 Å². The van der Waals surface area contributed by atoms with Gasteiger partial charge in [0.1, 0.15) is 43.2 Å². The van der Waals surface area contributed by atoms with Crippen molar-refractivity contribution < 1.29 is 27.2 Å². The number of aromatic nitrogens is 10. The molecule has 12 aromatic rings. The van der Waals surface area contributed by atoms with Crippen LogP contribution in [0.5, 0.6) is 11.5 Å². The zero-order valence-corrected chi connectivity index (χ0v) is 75.6. The van der Waals surface area contributed by atoms with Crippen LogP contribution in [-0.4, -0.2) is 124 Å². The van der Waals surface area contributed by atoms with Gasteiger partial charge in [-0.15, -0.1) is 40.8 Å². The number of nitrogen functional groups attached to an aromatic ring is 2. The number of benzene rings is 6. The number of nitrogens with two attached hydrogens (primary N) is 3. The molecule has 116 heavy (non-hydrogen) atoms. The van der Waals surface area contributed by atoms with Gasteiger partial charge in [0.05, 0.1) is 36.7 Å². The zero-order valence-electron chi connectivity index (χ0n) is 65.0. The molecule has 0 bridgehead atoms. The Morgan fingerprint density at radius 2 is 0.905 bits per heavy atom. The Hall–Kier alpha value is -8.50. The molecule has 3 fully saturated rings. The number of rotatable bonds is 15. The van der Waals surface area contributed by atoms with Crippen molar-refractivity contribution in [2.45, 2.75) is 108 Å². The van der Waals surface area contributed by atoms with Crippen molar-refractivity contribution in [1.29, 1.82) is 0 Å². The van der Waals surface area contributed by atoms with Gasteiger partial charge in [-0.1, -0.05) is 155 Å². The van der Waals surface area contributed by atoms with Gasteiger partial charge in [-0.25, -0.2) is 18.4 Å². The number of methoxy groups -OCH3 is 2. The summed E-state index contributed by atoms with van der Waals surface area (Å²) >= 11 is 12.6. The van der Waals surface area contributed by atoms with E-state index in [1.54, 1.807) is 25.6 Å². The molecule has 0 radical (unpaired) electrons. The largest absolute Gasteiger partial charge is 0.514 e. The van der Waals surface area contributed by atoms with E-state index in [1.165, 1.54) is 115 Å². The molecule has 9 heterocycles. The Bertz CT molecular complexity index is 5730. The fourth-order valence-electron chi connectivity index (χ4n) is 13.6. The standard InChI is InChI=1S/C20H19N5S.C19H16IN3OS.C15H23BN2O2.C12H9IN2O2S2.C11H8IN3S.C8H11NO/c21-20-24-23-19(26-20)14-7-6-13-8-9-15(16(13)12-14)17-4-3-5-18(22-17)25-10-1-2-11-25;1-24-15-7-2-12(3-8-15)11-21-19-23-22-18(25-19)14-5-4-13-6-9-17(20)16(13)10-14;1-14(2)15(3,4)20-16(19-14)12-8-7-9-13(17-12)18-10-5-6-11-18;1-19(16,17)12-15-14-11(18-12)8-3-2-7-4-5-10(13)9(7)6-8;12-9-4-3-6-1-2-7(5-8(6)9)10-14-15-11(13)16-10;1-10-8-4-2-7(6-9)3-5-8/h3-7,9,12H,1-2,8,10-11H2,(H2,21,24);2-5,7-10H,6,11H2,1H3,(H,21,23);7-9H,5-6,10-11H2,1-4H3;2-3,5-6H,4H2,1H3;1-2,4-5H,3H2,(H2,13,15);2-5H,6,9H2,1H3. The lowest BCUT2D eigenvalue weighted by Crippen LogP contribution is -2.41. The molecule has 6 aromatic carbocycles. The smallest absolute Gasteiger partial charge is 0.497 e. The number of hydrogen-bond donors (Lipinski definition) is 4. The lowest BCUT2D eigenvalue weighted by atomic mass is 9.84. The van der Waals surface area contributed by atoms with Crippen LogP contribution < -0.4 is 47.4 Å². The fraction of sp³-hybridized carbons (Fsp3) is 0.271. The number of nitrogens with one attached hydrogen (secondary N) is 1. The van der Waals surface area contributed by atoms with Gasteiger partial charge < -0.3 is 51.1 Å². The molecule has 19 rings (SSSR count). The van der Waals surface area contributed by atoms with Crippen molar-refractivity contribution in [3.63, 3.8) is 0 Å². The van der Waals surface area contributed by atoms with Crippen LogP contribution in [0.15, 0.2) is 186 Å². The number of allylic oxidation sites excluding steroid dienone is 4. The van der Waals surface area contributed by atoms with Crippen molar-refractivity contribution in [2.24, 2.45) is 5.73 Å². The molecule has 0 amide bonds. The topological polar surface area (TPSA) is 297 Å². The minimum Gasteiger partial charge on any atom is -0.497 e. The molecule has 7 aliphatic rings. The van der Waals surface area contributed by atoms with E-state index in [2.05, 4.69) is 261 Å². The van der Waals surface area contributed by atoms with E-state index in [0.717, 1.165) is 152 Å². The molecule has 31 heteroatoms. The summed E-state index contributed by atoms with van der Waals surface area (Å²) in [6, 6.07) is 53.7. The van der Waals surface area contributed by atoms with E-state index in [9.17, 15) is 8.42 Å². The lowest BCUT2D eigenvalue weighted by molar-refractivity contribution is 0.00578. The predicted molar refractivity (Wildman–Crippen MR) is 499 cm³/mol. The lowest BCUT2D eigenvalue weighted by Gasteiger charge is -2.32. The molecular formula is C85H86BI3N16O6S5. The third-order valence-corrected chi connectivity index (χ3v) is 28.9. The van der Waals surface area contributed by atoms with Crippen molar-refractivity contribution in [2.75, 3.05) is 73.2 Å². The van der Waals surface area contributed by atoms with Crippen molar-refractivity contribution in [1.82, 2.24) is 50.8 Å². The third kappa shape index (κ3) is 20.4. The van der Waals surface area contributed by atoms with Gasteiger partial charge in [-0.2, -0.15) is 0 Å². The first-order valence-electron chi connectivity index (χ1n) is 37.8. The second-order valence-electron chi connectivity index (χ2n) is 29.1. The van der Waals surface area contributed by atoms with Gasteiger partial charge in [0.2, 0.25) is 29.6 Å². The number of anilines is 5. The molecular weight excluding hydrogens is 1890 g/mol. The maximum atomic E-state index is 11.4. The van der Waals surface area contributed by atoms with Crippen LogP contribution >= 0.6 is 113 Å². The van der Waals surface area contributed by atoms with Gasteiger partial charge >= 0.3 is 7.12 Å². The highest BCUT2D eigenvalue weighted by molar-refractivity contribution is 14.1. The number of ether oxygens (including phenoxy) is 2. The molecule has 7 N–H and O–H groups in total. The first kappa shape index (κ1) is 84.0. The summed E-state index contributed by atoms with van der Waals surface area (Å²) in [5, 5.41) is 40.8. The average molecular weight is 1980 g/mol. The quantitative estimate of drug-likeness (QED) is 0.0547. The number of halogens is 3. The Kier molecular flexibility index (Phi) is 27.2. The molecule has 6 aromatic heterocycles. The highest BCUT2D eigenvalue weighted by Crippen LogP contribution is 2.42. The molecule has 596 valence electrons. The Morgan fingerprint density at radius 1 is 0.491 bits per heavy atom. The SMILES string of the molecule is CC1(C)OB(c2cccc(N3CCCC3)n2)OC1(C)C.COc1ccc(CN)cc1.COc1ccc(CNc2nnc(-c3ccc4c(c3)C(I)=CC4)s2)cc1.CS(=O)(=O)c1nnc(-c2ccc3c(c2)C(I)=CC3)s1.Nc1nnc(-c2ccc3c(c2)C(I)=CC3)s1.Nc1nnc(-c2ccc3c(c2)C(c2cccc(N4CCCC4)n2)=CC3)s1. The average Bonchev–Trinajstić information content (AvgIpc) is 1.62. The highest BCUT2D eigenvalue weighted by atomic mass is 127. The molecule has 4 aliphatic carbocycles. The summed E-state index contributed by atoms with van der Waals surface area (Å²) < 4.78 is 49.0. The first-order valence-corrected chi connectivity index (χ1v) is 46.2. The molecule has 3 saturated heterocycles. The van der Waals surface area contributed by atoms with Gasteiger partial charge in [-0.3, -0.25) is 0 Å². The number of pyridine rings is 2. The Morgan fingerprint density at radius 3 is 1.35 bits per heavy atom. The molecule has 22 nitrogen and oxygen atoms in total. The number of sulfone groups is 1. The molecule has 0 atom stereocenters. The minimum atomic E-state index is -3.28. The van der Waals surface area contributed by atoms with E-state index in [1.807, 2.05) is 72.8 Å². The van der Waals surface area contributed by atoms with Crippen LogP contribution in [0.25, 0.3) is 58.6 Å². The van der Waals surface area contributed by atoms with Crippen LogP contribution in [0.4, 0.5) is 27.0 Å². The van der Waals surface area contributed by atoms with E-state index in [-0.39, 0.29) is 22.7 Å². The molecule has 3 aliphatic heterocycles. The first-order chi connectivity index (χ1) is 55.9. The van der Waals surface area contributed by atoms with Gasteiger partial charge in [-0.05, 0) is 275 Å². The second-order valence-corrected chi connectivity index (χ2v) is 38.7.